The van der Waals surface area contributed by atoms with Crippen LogP contribution in [0.5, 0.6) is 0 Å². The van der Waals surface area contributed by atoms with Gasteiger partial charge in [-0.2, -0.15) is 0 Å². The summed E-state index contributed by atoms with van der Waals surface area (Å²) in [6.07, 6.45) is -4.38. The smallest absolute Gasteiger partial charge is 0.221 e. The number of fused-ring (bicyclic) bond motifs is 2. The molecule has 0 aliphatic carbocycles. The molecule has 0 saturated carbocycles. The average Bonchev–Trinajstić information content (AvgIpc) is 2.36. The maximum atomic E-state index is 9.47. The van der Waals surface area contributed by atoms with Gasteiger partial charge in [0.1, 0.15) is 31.0 Å². The molecule has 4 N–H and O–H groups in total. The summed E-state index contributed by atoms with van der Waals surface area (Å²) in [5.74, 6) is -1.55. The van der Waals surface area contributed by atoms with Crippen molar-refractivity contribution in [3.8, 4) is 0 Å². The minimum absolute atomic E-state index is 0.0562. The number of hydrogen-bond donors (Lipinski definition) is 4. The van der Waals surface area contributed by atoms with Gasteiger partial charge in [-0.1, -0.05) is 0 Å². The first-order valence-electron chi connectivity index (χ1n) is 4.07. The van der Waals surface area contributed by atoms with Crippen LogP contribution in [0.25, 0.3) is 0 Å². The van der Waals surface area contributed by atoms with E-state index in [0.717, 1.165) is 0 Å². The van der Waals surface area contributed by atoms with Crippen LogP contribution in [0.2, 0.25) is 0 Å². The number of hydrogen-bond acceptors (Lipinski definition) is 6. The highest BCUT2D eigenvalue weighted by molar-refractivity contribution is 5.02. The predicted octanol–water partition coefficient (Wildman–Crippen LogP) is -2.81. The van der Waals surface area contributed by atoms with E-state index < -0.39 is 36.8 Å². The first-order valence-corrected chi connectivity index (χ1v) is 4.07. The molecular weight excluding hydrogens is 180 g/mol. The number of ether oxygens (including phenoxy) is 2. The highest BCUT2D eigenvalue weighted by atomic mass is 16.8. The molecular formula is C7H12O6. The Hall–Kier alpha value is -0.240. The van der Waals surface area contributed by atoms with Gasteiger partial charge in [-0.05, 0) is 0 Å². The van der Waals surface area contributed by atoms with Gasteiger partial charge in [-0.3, -0.25) is 0 Å². The highest BCUT2D eigenvalue weighted by Crippen LogP contribution is 2.37. The lowest BCUT2D eigenvalue weighted by Crippen LogP contribution is -2.51. The van der Waals surface area contributed by atoms with Crippen LogP contribution in [0.3, 0.4) is 0 Å². The van der Waals surface area contributed by atoms with E-state index in [-0.39, 0.29) is 6.61 Å². The zero-order valence-corrected chi connectivity index (χ0v) is 6.83. The average molecular weight is 192 g/mol. The Kier molecular flexibility index (Phi) is 2.06. The SMILES string of the molecule is OC[C@@]12OC[C@@H](O)[C@@H](O1)[C@@H](O)[C@@H]2O. The number of aliphatic hydroxyl groups excluding tert-OH is 4. The lowest BCUT2D eigenvalue weighted by Gasteiger charge is -2.34. The predicted molar refractivity (Wildman–Crippen MR) is 38.7 cm³/mol. The second kappa shape index (κ2) is 2.88. The standard InChI is InChI=1S/C7H12O6/c8-2-7-6(11)4(10)5(13-7)3(9)1-12-7/h3-6,8-11H,1-2H2/t3-,4-,5-,6+,7-/m1/s1. The van der Waals surface area contributed by atoms with E-state index in [2.05, 4.69) is 0 Å². The Morgan fingerprint density at radius 1 is 1.31 bits per heavy atom. The van der Waals surface area contributed by atoms with Gasteiger partial charge in [0, 0.05) is 0 Å². The van der Waals surface area contributed by atoms with E-state index in [0.29, 0.717) is 0 Å². The molecule has 0 aromatic rings. The van der Waals surface area contributed by atoms with Gasteiger partial charge in [0.15, 0.2) is 0 Å². The molecule has 0 unspecified atom stereocenters. The lowest BCUT2D eigenvalue weighted by atomic mass is 10.0. The van der Waals surface area contributed by atoms with Gasteiger partial charge in [0.05, 0.1) is 6.61 Å². The molecule has 5 atom stereocenters. The van der Waals surface area contributed by atoms with Crippen molar-refractivity contribution in [1.29, 1.82) is 0 Å². The molecule has 0 aromatic heterocycles. The van der Waals surface area contributed by atoms with Crippen molar-refractivity contribution in [2.24, 2.45) is 0 Å². The Labute approximate surface area is 74.3 Å². The summed E-state index contributed by atoms with van der Waals surface area (Å²) < 4.78 is 10.0. The molecule has 2 bridgehead atoms. The van der Waals surface area contributed by atoms with Crippen LogP contribution in [0.1, 0.15) is 0 Å². The van der Waals surface area contributed by atoms with Gasteiger partial charge in [-0.15, -0.1) is 0 Å². The molecule has 2 fully saturated rings. The molecule has 2 saturated heterocycles. The molecule has 6 nitrogen and oxygen atoms in total. The summed E-state index contributed by atoms with van der Waals surface area (Å²) in [5, 5.41) is 37.1. The summed E-state index contributed by atoms with van der Waals surface area (Å²) in [7, 11) is 0. The molecule has 0 aromatic carbocycles. The third-order valence-electron chi connectivity index (χ3n) is 2.54. The second-order valence-electron chi connectivity index (χ2n) is 3.37. The van der Waals surface area contributed by atoms with E-state index in [1.165, 1.54) is 0 Å². The minimum atomic E-state index is -1.55. The molecule has 0 spiro atoms. The summed E-state index contributed by atoms with van der Waals surface area (Å²) in [6, 6.07) is 0. The van der Waals surface area contributed by atoms with E-state index in [4.69, 9.17) is 14.6 Å². The quantitative estimate of drug-likeness (QED) is 0.358. The Morgan fingerprint density at radius 3 is 2.62 bits per heavy atom. The summed E-state index contributed by atoms with van der Waals surface area (Å²) >= 11 is 0. The van der Waals surface area contributed by atoms with Crippen molar-refractivity contribution in [3.05, 3.63) is 0 Å². The maximum Gasteiger partial charge on any atom is 0.221 e. The van der Waals surface area contributed by atoms with Crippen LogP contribution in [-0.4, -0.2) is 63.8 Å². The number of aliphatic hydroxyl groups is 4. The van der Waals surface area contributed by atoms with E-state index in [1.54, 1.807) is 0 Å². The van der Waals surface area contributed by atoms with Crippen molar-refractivity contribution in [2.45, 2.75) is 30.2 Å². The topological polar surface area (TPSA) is 99.4 Å². The van der Waals surface area contributed by atoms with Crippen LogP contribution < -0.4 is 0 Å². The molecule has 76 valence electrons. The summed E-state index contributed by atoms with van der Waals surface area (Å²) in [6.45, 7) is -0.603. The van der Waals surface area contributed by atoms with Crippen molar-refractivity contribution >= 4 is 0 Å². The second-order valence-corrected chi connectivity index (χ2v) is 3.37. The van der Waals surface area contributed by atoms with Crippen LogP contribution >= 0.6 is 0 Å². The Morgan fingerprint density at radius 2 is 2.00 bits per heavy atom. The fourth-order valence-electron chi connectivity index (χ4n) is 1.73. The summed E-state index contributed by atoms with van der Waals surface area (Å²) in [4.78, 5) is 0. The molecule has 2 aliphatic heterocycles. The lowest BCUT2D eigenvalue weighted by molar-refractivity contribution is -0.318. The molecule has 6 heteroatoms. The Balaban J connectivity index is 2.25. The fraction of sp³-hybridized carbons (Fsp3) is 1.00. The maximum absolute atomic E-state index is 9.47. The minimum Gasteiger partial charge on any atom is -0.391 e. The summed E-state index contributed by atoms with van der Waals surface area (Å²) in [5.41, 5.74) is 0. The first kappa shape index (κ1) is 9.32. The van der Waals surface area contributed by atoms with Crippen molar-refractivity contribution in [2.75, 3.05) is 13.2 Å². The molecule has 13 heavy (non-hydrogen) atoms. The molecule has 2 heterocycles. The third kappa shape index (κ3) is 1.11. The van der Waals surface area contributed by atoms with Crippen LogP contribution in [0, 0.1) is 0 Å². The zero-order valence-electron chi connectivity index (χ0n) is 6.83. The molecule has 0 amide bonds. The van der Waals surface area contributed by atoms with Gasteiger partial charge in [0.25, 0.3) is 0 Å². The van der Waals surface area contributed by atoms with Crippen LogP contribution in [0.4, 0.5) is 0 Å². The monoisotopic (exact) mass is 192 g/mol. The zero-order chi connectivity index (χ0) is 9.64. The molecule has 2 aliphatic rings. The van der Waals surface area contributed by atoms with Gasteiger partial charge in [0.2, 0.25) is 5.79 Å². The third-order valence-corrected chi connectivity index (χ3v) is 2.54. The van der Waals surface area contributed by atoms with Crippen LogP contribution in [0.15, 0.2) is 0 Å². The van der Waals surface area contributed by atoms with E-state index >= 15 is 0 Å². The Bertz CT molecular complexity index is 207. The van der Waals surface area contributed by atoms with E-state index in [9.17, 15) is 15.3 Å². The van der Waals surface area contributed by atoms with Crippen LogP contribution in [-0.2, 0) is 9.47 Å². The molecule has 0 radical (unpaired) electrons. The van der Waals surface area contributed by atoms with Crippen molar-refractivity contribution < 1.29 is 29.9 Å². The highest BCUT2D eigenvalue weighted by Gasteiger charge is 2.60. The van der Waals surface area contributed by atoms with Gasteiger partial charge >= 0.3 is 0 Å². The largest absolute Gasteiger partial charge is 0.391 e. The van der Waals surface area contributed by atoms with Gasteiger partial charge < -0.3 is 29.9 Å². The first-order chi connectivity index (χ1) is 6.10. The van der Waals surface area contributed by atoms with Crippen molar-refractivity contribution in [3.63, 3.8) is 0 Å². The fourth-order valence-corrected chi connectivity index (χ4v) is 1.73. The van der Waals surface area contributed by atoms with Crippen molar-refractivity contribution in [1.82, 2.24) is 0 Å². The van der Waals surface area contributed by atoms with Gasteiger partial charge in [-0.25, -0.2) is 0 Å². The van der Waals surface area contributed by atoms with E-state index in [1.807, 2.05) is 0 Å². The number of rotatable bonds is 1. The molecule has 2 rings (SSSR count). The normalized spacial score (nSPS) is 55.4.